The van der Waals surface area contributed by atoms with Crippen molar-refractivity contribution in [2.45, 2.75) is 31.9 Å². The van der Waals surface area contributed by atoms with E-state index in [1.807, 2.05) is 4.68 Å². The lowest BCUT2D eigenvalue weighted by atomic mass is 9.99. The number of nitrogens with one attached hydrogen (secondary N) is 1. The number of halogens is 1. The van der Waals surface area contributed by atoms with Gasteiger partial charge in [0.05, 0.1) is 16.9 Å². The first-order valence-corrected chi connectivity index (χ1v) is 5.70. The van der Waals surface area contributed by atoms with E-state index in [4.69, 9.17) is 11.6 Å². The van der Waals surface area contributed by atoms with Crippen molar-refractivity contribution in [1.82, 2.24) is 15.1 Å². The molecule has 0 bridgehead atoms. The highest BCUT2D eigenvalue weighted by molar-refractivity contribution is 6.31. The van der Waals surface area contributed by atoms with Crippen LogP contribution in [-0.2, 0) is 12.1 Å². The van der Waals surface area contributed by atoms with E-state index in [1.165, 1.54) is 0 Å². The predicted molar refractivity (Wildman–Crippen MR) is 58.9 cm³/mol. The van der Waals surface area contributed by atoms with Crippen molar-refractivity contribution < 1.29 is 5.11 Å². The van der Waals surface area contributed by atoms with Crippen LogP contribution in [0.3, 0.4) is 0 Å². The van der Waals surface area contributed by atoms with E-state index < -0.39 is 5.60 Å². The average Bonchev–Trinajstić information content (AvgIpc) is 2.75. The van der Waals surface area contributed by atoms with Crippen molar-refractivity contribution in [2.75, 3.05) is 13.1 Å². The Morgan fingerprint density at radius 2 is 2.53 bits per heavy atom. The largest absolute Gasteiger partial charge is 0.382 e. The lowest BCUT2D eigenvalue weighted by molar-refractivity contribution is 0.0490. The van der Waals surface area contributed by atoms with Crippen LogP contribution in [0.5, 0.6) is 0 Å². The SMILES string of the molecule is CCCn1ncc(Cl)c1C1(O)CCNC1. The van der Waals surface area contributed by atoms with Gasteiger partial charge in [0.15, 0.2) is 0 Å². The zero-order valence-electron chi connectivity index (χ0n) is 8.83. The van der Waals surface area contributed by atoms with Crippen molar-refractivity contribution in [2.24, 2.45) is 0 Å². The van der Waals surface area contributed by atoms with E-state index >= 15 is 0 Å². The highest BCUT2D eigenvalue weighted by Crippen LogP contribution is 2.32. The molecule has 2 N–H and O–H groups in total. The summed E-state index contributed by atoms with van der Waals surface area (Å²) in [7, 11) is 0. The number of β-amino-alcohol motifs (C(OH)–C–C–N with tert-alkyl or cyclic N) is 1. The molecule has 1 aliphatic rings. The van der Waals surface area contributed by atoms with E-state index in [9.17, 15) is 5.11 Å². The first kappa shape index (κ1) is 10.9. The first-order chi connectivity index (χ1) is 7.17. The second-order valence-electron chi connectivity index (χ2n) is 4.02. The summed E-state index contributed by atoms with van der Waals surface area (Å²) in [6, 6.07) is 0. The minimum Gasteiger partial charge on any atom is -0.382 e. The fourth-order valence-corrected chi connectivity index (χ4v) is 2.40. The minimum atomic E-state index is -0.844. The summed E-state index contributed by atoms with van der Waals surface area (Å²) < 4.78 is 1.81. The third-order valence-electron chi connectivity index (χ3n) is 2.80. The normalized spacial score (nSPS) is 26.1. The van der Waals surface area contributed by atoms with Crippen molar-refractivity contribution in [3.8, 4) is 0 Å². The highest BCUT2D eigenvalue weighted by atomic mass is 35.5. The van der Waals surface area contributed by atoms with E-state index in [2.05, 4.69) is 17.3 Å². The zero-order valence-corrected chi connectivity index (χ0v) is 9.59. The molecule has 0 spiro atoms. The maximum Gasteiger partial charge on any atom is 0.121 e. The molecule has 2 heterocycles. The van der Waals surface area contributed by atoms with E-state index in [0.29, 0.717) is 18.0 Å². The van der Waals surface area contributed by atoms with Gasteiger partial charge in [0, 0.05) is 13.1 Å². The molecular formula is C10H16ClN3O. The van der Waals surface area contributed by atoms with Crippen molar-refractivity contribution >= 4 is 11.6 Å². The van der Waals surface area contributed by atoms with Crippen molar-refractivity contribution in [1.29, 1.82) is 0 Å². The molecule has 1 aromatic rings. The van der Waals surface area contributed by atoms with Crippen LogP contribution in [0.25, 0.3) is 0 Å². The molecule has 0 amide bonds. The number of nitrogens with zero attached hydrogens (tertiary/aromatic N) is 2. The lowest BCUT2D eigenvalue weighted by Crippen LogP contribution is -2.31. The van der Waals surface area contributed by atoms with Gasteiger partial charge in [-0.1, -0.05) is 18.5 Å². The monoisotopic (exact) mass is 229 g/mol. The van der Waals surface area contributed by atoms with Gasteiger partial charge in [-0.15, -0.1) is 0 Å². The third-order valence-corrected chi connectivity index (χ3v) is 3.08. The van der Waals surface area contributed by atoms with Gasteiger partial charge in [0.1, 0.15) is 5.60 Å². The molecule has 15 heavy (non-hydrogen) atoms. The maximum absolute atomic E-state index is 10.4. The first-order valence-electron chi connectivity index (χ1n) is 5.32. The van der Waals surface area contributed by atoms with Gasteiger partial charge >= 0.3 is 0 Å². The third kappa shape index (κ3) is 1.89. The molecule has 1 unspecified atom stereocenters. The Morgan fingerprint density at radius 3 is 3.13 bits per heavy atom. The summed E-state index contributed by atoms with van der Waals surface area (Å²) in [5, 5.41) is 18.3. The standard InChI is InChI=1S/C10H16ClN3O/c1-2-5-14-9(8(11)6-13-14)10(15)3-4-12-7-10/h6,12,15H,2-5,7H2,1H3. The van der Waals surface area contributed by atoms with E-state index in [0.717, 1.165) is 25.2 Å². The Hall–Kier alpha value is -0.580. The topological polar surface area (TPSA) is 50.1 Å². The Morgan fingerprint density at radius 1 is 1.73 bits per heavy atom. The minimum absolute atomic E-state index is 0.558. The molecule has 4 nitrogen and oxygen atoms in total. The maximum atomic E-state index is 10.4. The van der Waals surface area contributed by atoms with Gasteiger partial charge in [-0.3, -0.25) is 4.68 Å². The van der Waals surface area contributed by atoms with Crippen LogP contribution in [0.4, 0.5) is 0 Å². The molecule has 5 heteroatoms. The molecule has 84 valence electrons. The van der Waals surface area contributed by atoms with Gasteiger partial charge in [-0.2, -0.15) is 5.10 Å². The summed E-state index contributed by atoms with van der Waals surface area (Å²) in [4.78, 5) is 0. The van der Waals surface area contributed by atoms with Gasteiger partial charge in [0.2, 0.25) is 0 Å². The summed E-state index contributed by atoms with van der Waals surface area (Å²) in [5.74, 6) is 0. The molecule has 1 aliphatic heterocycles. The molecule has 2 rings (SSSR count). The Kier molecular flexibility index (Phi) is 3.00. The second kappa shape index (κ2) is 4.12. The lowest BCUT2D eigenvalue weighted by Gasteiger charge is -2.23. The average molecular weight is 230 g/mol. The summed E-state index contributed by atoms with van der Waals surface area (Å²) >= 11 is 6.08. The van der Waals surface area contributed by atoms with E-state index in [-0.39, 0.29) is 0 Å². The van der Waals surface area contributed by atoms with Crippen molar-refractivity contribution in [3.05, 3.63) is 16.9 Å². The molecule has 0 aliphatic carbocycles. The Labute approximate surface area is 94.2 Å². The van der Waals surface area contributed by atoms with Crippen LogP contribution in [0.15, 0.2) is 6.20 Å². The molecular weight excluding hydrogens is 214 g/mol. The van der Waals surface area contributed by atoms with Crippen LogP contribution in [0.1, 0.15) is 25.5 Å². The molecule has 1 fully saturated rings. The molecule has 0 radical (unpaired) electrons. The smallest absolute Gasteiger partial charge is 0.121 e. The number of hydrogen-bond acceptors (Lipinski definition) is 3. The number of rotatable bonds is 3. The van der Waals surface area contributed by atoms with Crippen LogP contribution in [0.2, 0.25) is 5.02 Å². The molecule has 0 aromatic carbocycles. The van der Waals surface area contributed by atoms with Crippen LogP contribution >= 0.6 is 11.6 Å². The quantitative estimate of drug-likeness (QED) is 0.817. The fraction of sp³-hybridized carbons (Fsp3) is 0.700. The number of hydrogen-bond donors (Lipinski definition) is 2. The number of aliphatic hydroxyl groups is 1. The second-order valence-corrected chi connectivity index (χ2v) is 4.43. The Balaban J connectivity index is 2.36. The van der Waals surface area contributed by atoms with Crippen molar-refractivity contribution in [3.63, 3.8) is 0 Å². The summed E-state index contributed by atoms with van der Waals surface area (Å²) in [6.45, 7) is 4.26. The molecule has 1 atom stereocenters. The van der Waals surface area contributed by atoms with Crippen LogP contribution in [0, 0.1) is 0 Å². The van der Waals surface area contributed by atoms with Gasteiger partial charge in [-0.05, 0) is 19.4 Å². The molecule has 1 aromatic heterocycles. The highest BCUT2D eigenvalue weighted by Gasteiger charge is 2.37. The summed E-state index contributed by atoms with van der Waals surface area (Å²) in [5.41, 5.74) is -0.0843. The number of aryl methyl sites for hydroxylation is 1. The van der Waals surface area contributed by atoms with Gasteiger partial charge in [-0.25, -0.2) is 0 Å². The molecule has 0 saturated carbocycles. The van der Waals surface area contributed by atoms with Gasteiger partial charge < -0.3 is 10.4 Å². The molecule has 1 saturated heterocycles. The predicted octanol–water partition coefficient (Wildman–Crippen LogP) is 1.13. The van der Waals surface area contributed by atoms with Gasteiger partial charge in [0.25, 0.3) is 0 Å². The number of aromatic nitrogens is 2. The fourth-order valence-electron chi connectivity index (χ4n) is 2.09. The van der Waals surface area contributed by atoms with E-state index in [1.54, 1.807) is 6.20 Å². The van der Waals surface area contributed by atoms with Crippen LogP contribution in [-0.4, -0.2) is 28.0 Å². The summed E-state index contributed by atoms with van der Waals surface area (Å²) in [6.07, 6.45) is 3.29. The zero-order chi connectivity index (χ0) is 10.9. The Bertz CT molecular complexity index is 344. The van der Waals surface area contributed by atoms with Crippen LogP contribution < -0.4 is 5.32 Å².